The highest BCUT2D eigenvalue weighted by atomic mass is 16.5. The minimum Gasteiger partial charge on any atom is -0.493 e. The predicted octanol–water partition coefficient (Wildman–Crippen LogP) is 4.46. The summed E-state index contributed by atoms with van der Waals surface area (Å²) in [4.78, 5) is 28.8. The monoisotopic (exact) mass is 557 g/mol. The Balaban J connectivity index is 1.34. The first-order chi connectivity index (χ1) is 19.4. The van der Waals surface area contributed by atoms with Crippen LogP contribution < -0.4 is 20.1 Å². The number of amides is 1. The molecular weight excluding hydrogens is 506 g/mol. The van der Waals surface area contributed by atoms with Crippen LogP contribution in [0, 0.1) is 17.8 Å². The molecule has 0 unspecified atom stereocenters. The third-order valence-corrected chi connectivity index (χ3v) is 9.20. The summed E-state index contributed by atoms with van der Waals surface area (Å²) in [5.41, 5.74) is 0.309. The van der Waals surface area contributed by atoms with E-state index in [-0.39, 0.29) is 17.5 Å². The van der Waals surface area contributed by atoms with E-state index < -0.39 is 0 Å². The van der Waals surface area contributed by atoms with Gasteiger partial charge in [-0.2, -0.15) is 0 Å². The van der Waals surface area contributed by atoms with E-state index in [1.165, 1.54) is 25.7 Å². The van der Waals surface area contributed by atoms with Gasteiger partial charge in [-0.1, -0.05) is 25.7 Å². The summed E-state index contributed by atoms with van der Waals surface area (Å²) in [5.74, 6) is 3.06. The molecule has 40 heavy (non-hydrogen) atoms. The number of carbonyl (C=O) groups is 2. The number of ketones is 1. The van der Waals surface area contributed by atoms with Gasteiger partial charge in [-0.3, -0.25) is 9.59 Å². The molecule has 1 aliphatic heterocycles. The summed E-state index contributed by atoms with van der Waals surface area (Å²) in [6.07, 6.45) is 9.73. The maximum atomic E-state index is 13.7. The molecule has 0 aromatic heterocycles. The Morgan fingerprint density at radius 2 is 1.82 bits per heavy atom. The van der Waals surface area contributed by atoms with Gasteiger partial charge < -0.3 is 29.7 Å². The summed E-state index contributed by atoms with van der Waals surface area (Å²) in [6.45, 7) is 8.52. The van der Waals surface area contributed by atoms with Crippen LogP contribution in [0.3, 0.4) is 0 Å². The summed E-state index contributed by atoms with van der Waals surface area (Å²) in [5, 5.41) is 7.24. The fourth-order valence-electron chi connectivity index (χ4n) is 6.37. The van der Waals surface area contributed by atoms with E-state index in [0.29, 0.717) is 54.4 Å². The molecule has 4 rings (SSSR count). The van der Waals surface area contributed by atoms with E-state index in [1.807, 2.05) is 11.0 Å². The van der Waals surface area contributed by atoms with Gasteiger partial charge in [-0.15, -0.1) is 0 Å². The van der Waals surface area contributed by atoms with Gasteiger partial charge in [0.2, 0.25) is 0 Å². The smallest absolute Gasteiger partial charge is 0.254 e. The minimum absolute atomic E-state index is 0.00115. The first-order valence-corrected chi connectivity index (χ1v) is 15.5. The molecule has 3 aliphatic rings. The number of benzene rings is 1. The Morgan fingerprint density at radius 1 is 1.07 bits per heavy atom. The van der Waals surface area contributed by atoms with Crippen molar-refractivity contribution in [3.63, 3.8) is 0 Å². The van der Waals surface area contributed by atoms with Gasteiger partial charge in [0.1, 0.15) is 0 Å². The van der Waals surface area contributed by atoms with Crippen LogP contribution in [0.2, 0.25) is 0 Å². The van der Waals surface area contributed by atoms with Crippen molar-refractivity contribution in [2.75, 3.05) is 53.6 Å². The molecule has 1 saturated heterocycles. The van der Waals surface area contributed by atoms with E-state index in [9.17, 15) is 9.59 Å². The highest BCUT2D eigenvalue weighted by molar-refractivity contribution is 5.95. The Kier molecular flexibility index (Phi) is 11.3. The topological polar surface area (TPSA) is 89.1 Å². The average Bonchev–Trinajstić information content (AvgIpc) is 3.33. The number of hydrogen-bond acceptors (Lipinski definition) is 7. The maximum absolute atomic E-state index is 13.7. The van der Waals surface area contributed by atoms with E-state index in [2.05, 4.69) is 24.5 Å². The number of rotatable bonds is 17. The van der Waals surface area contributed by atoms with Crippen molar-refractivity contribution < 1.29 is 23.8 Å². The van der Waals surface area contributed by atoms with E-state index in [4.69, 9.17) is 14.2 Å². The van der Waals surface area contributed by atoms with Gasteiger partial charge >= 0.3 is 0 Å². The number of hydrogen-bond donors (Lipinski definition) is 2. The van der Waals surface area contributed by atoms with Crippen LogP contribution in [0.25, 0.3) is 0 Å². The van der Waals surface area contributed by atoms with Crippen LogP contribution in [0.15, 0.2) is 18.2 Å². The van der Waals surface area contributed by atoms with Crippen LogP contribution in [0.4, 0.5) is 0 Å². The molecule has 2 atom stereocenters. The fraction of sp³-hybridized carbons (Fsp3) is 0.750. The lowest BCUT2D eigenvalue weighted by molar-refractivity contribution is -0.122. The number of Topliss-reactive ketones (excluding diaryl/α,β-unsaturated/α-hetero) is 1. The fourth-order valence-corrected chi connectivity index (χ4v) is 6.37. The largest absolute Gasteiger partial charge is 0.493 e. The Labute approximate surface area is 240 Å². The summed E-state index contributed by atoms with van der Waals surface area (Å²) >= 11 is 0. The van der Waals surface area contributed by atoms with E-state index in [1.54, 1.807) is 26.4 Å². The number of nitrogens with zero attached hydrogens (tertiary/aromatic N) is 1. The van der Waals surface area contributed by atoms with E-state index in [0.717, 1.165) is 57.7 Å². The molecule has 3 fully saturated rings. The van der Waals surface area contributed by atoms with Crippen molar-refractivity contribution in [1.29, 1.82) is 0 Å². The SMILES string of the molecule is COCCCOc1cc(C(=O)N(C[C@@H]2CNC[C@H]2CNC2(C(=O)CCC3CCCC3)CC2)C(C)C)ccc1OC. The van der Waals surface area contributed by atoms with E-state index >= 15 is 0 Å². The third kappa shape index (κ3) is 7.98. The van der Waals surface area contributed by atoms with Crippen molar-refractivity contribution in [3.8, 4) is 11.5 Å². The van der Waals surface area contributed by atoms with Gasteiger partial charge in [-0.05, 0) is 75.6 Å². The number of nitrogens with one attached hydrogen (secondary N) is 2. The van der Waals surface area contributed by atoms with Crippen molar-refractivity contribution in [1.82, 2.24) is 15.5 Å². The zero-order valence-corrected chi connectivity index (χ0v) is 25.1. The van der Waals surface area contributed by atoms with Crippen molar-refractivity contribution in [2.45, 2.75) is 83.2 Å². The Morgan fingerprint density at radius 3 is 2.50 bits per heavy atom. The maximum Gasteiger partial charge on any atom is 0.254 e. The summed E-state index contributed by atoms with van der Waals surface area (Å²) in [6, 6.07) is 5.48. The van der Waals surface area contributed by atoms with Crippen molar-refractivity contribution in [2.24, 2.45) is 17.8 Å². The standard InChI is InChI=1S/C32H51N3O5/c1-23(2)35(31(37)25-11-12-28(39-4)29(18-25)40-17-7-16-38-3)22-27-20-33-19-26(27)21-34-32(14-15-32)30(36)13-10-24-8-5-6-9-24/h11-12,18,23-24,26-27,33-34H,5-10,13-17,19-22H2,1-4H3/t26-,27-/m0/s1. The quantitative estimate of drug-likeness (QED) is 0.274. The van der Waals surface area contributed by atoms with Crippen LogP contribution >= 0.6 is 0 Å². The second kappa shape index (κ2) is 14.6. The van der Waals surface area contributed by atoms with Crippen LogP contribution in [0.5, 0.6) is 11.5 Å². The molecule has 8 heteroatoms. The normalized spacial score (nSPS) is 22.0. The zero-order valence-electron chi connectivity index (χ0n) is 25.1. The van der Waals surface area contributed by atoms with Crippen LogP contribution in [0.1, 0.15) is 82.0 Å². The molecule has 224 valence electrons. The number of ether oxygens (including phenoxy) is 3. The highest BCUT2D eigenvalue weighted by Gasteiger charge is 2.49. The van der Waals surface area contributed by atoms with Gasteiger partial charge in [0.15, 0.2) is 17.3 Å². The lowest BCUT2D eigenvalue weighted by Crippen LogP contribution is -2.46. The number of carbonyl (C=O) groups excluding carboxylic acids is 2. The minimum atomic E-state index is -0.290. The third-order valence-electron chi connectivity index (χ3n) is 9.20. The predicted molar refractivity (Wildman–Crippen MR) is 157 cm³/mol. The molecule has 1 heterocycles. The summed E-state index contributed by atoms with van der Waals surface area (Å²) in [7, 11) is 3.28. The Bertz CT molecular complexity index is 973. The second-order valence-electron chi connectivity index (χ2n) is 12.4. The highest BCUT2D eigenvalue weighted by Crippen LogP contribution is 2.39. The van der Waals surface area contributed by atoms with Gasteiger partial charge in [0, 0.05) is 57.8 Å². The molecule has 2 aliphatic carbocycles. The lowest BCUT2D eigenvalue weighted by Gasteiger charge is -2.32. The van der Waals surface area contributed by atoms with Crippen LogP contribution in [-0.2, 0) is 9.53 Å². The molecular formula is C32H51N3O5. The first kappa shape index (κ1) is 30.8. The van der Waals surface area contributed by atoms with Gasteiger partial charge in [0.25, 0.3) is 5.91 Å². The number of methoxy groups -OCH3 is 2. The van der Waals surface area contributed by atoms with Crippen molar-refractivity contribution >= 4 is 11.7 Å². The van der Waals surface area contributed by atoms with Crippen LogP contribution in [-0.4, -0.2) is 81.8 Å². The molecule has 1 aromatic rings. The molecule has 2 saturated carbocycles. The van der Waals surface area contributed by atoms with Crippen molar-refractivity contribution in [3.05, 3.63) is 23.8 Å². The first-order valence-electron chi connectivity index (χ1n) is 15.5. The van der Waals surface area contributed by atoms with Gasteiger partial charge in [0.05, 0.1) is 19.3 Å². The average molecular weight is 558 g/mol. The summed E-state index contributed by atoms with van der Waals surface area (Å²) < 4.78 is 16.5. The molecule has 0 radical (unpaired) electrons. The molecule has 1 aromatic carbocycles. The Hall–Kier alpha value is -2.16. The molecule has 1 amide bonds. The second-order valence-corrected chi connectivity index (χ2v) is 12.4. The molecule has 0 spiro atoms. The molecule has 0 bridgehead atoms. The molecule has 8 nitrogen and oxygen atoms in total. The lowest BCUT2D eigenvalue weighted by atomic mass is 9.93. The van der Waals surface area contributed by atoms with Gasteiger partial charge in [-0.25, -0.2) is 0 Å². The zero-order chi connectivity index (χ0) is 28.5. The molecule has 2 N–H and O–H groups in total.